The summed E-state index contributed by atoms with van der Waals surface area (Å²) in [5.74, 6) is -0.256. The lowest BCUT2D eigenvalue weighted by molar-refractivity contribution is 0.0698. The standard InChI is InChI=1S/C16H25NO2/c1-4-6-9-13(5-2)11-17-15-12(3)8-7-10-14(15)16(18)19/h7-8,10,13,17H,4-6,9,11H2,1-3H3,(H,18,19). The highest BCUT2D eigenvalue weighted by atomic mass is 16.4. The Hall–Kier alpha value is -1.51. The summed E-state index contributed by atoms with van der Waals surface area (Å²) in [6.45, 7) is 7.19. The molecule has 0 radical (unpaired) electrons. The van der Waals surface area contributed by atoms with Gasteiger partial charge in [0.2, 0.25) is 0 Å². The van der Waals surface area contributed by atoms with Crippen molar-refractivity contribution in [3.63, 3.8) is 0 Å². The third-order valence-corrected chi connectivity index (χ3v) is 3.61. The zero-order valence-electron chi connectivity index (χ0n) is 12.2. The minimum Gasteiger partial charge on any atom is -0.478 e. The van der Waals surface area contributed by atoms with E-state index in [1.54, 1.807) is 12.1 Å². The van der Waals surface area contributed by atoms with Crippen molar-refractivity contribution in [1.29, 1.82) is 0 Å². The molecule has 106 valence electrons. The predicted octanol–water partition coefficient (Wildman–Crippen LogP) is 4.32. The van der Waals surface area contributed by atoms with Crippen LogP contribution >= 0.6 is 0 Å². The number of aromatic carboxylic acids is 1. The lowest BCUT2D eigenvalue weighted by atomic mass is 9.98. The highest BCUT2D eigenvalue weighted by molar-refractivity contribution is 5.95. The molecular weight excluding hydrogens is 238 g/mol. The van der Waals surface area contributed by atoms with Gasteiger partial charge in [0.1, 0.15) is 0 Å². The Labute approximate surface area is 116 Å². The minimum absolute atomic E-state index is 0.366. The van der Waals surface area contributed by atoms with Gasteiger partial charge in [-0.05, 0) is 30.9 Å². The summed E-state index contributed by atoms with van der Waals surface area (Å²) in [6, 6.07) is 5.39. The van der Waals surface area contributed by atoms with Crippen LogP contribution in [0.3, 0.4) is 0 Å². The van der Waals surface area contributed by atoms with E-state index in [0.29, 0.717) is 11.5 Å². The van der Waals surface area contributed by atoms with E-state index in [1.807, 2.05) is 13.0 Å². The predicted molar refractivity (Wildman–Crippen MR) is 79.9 cm³/mol. The Morgan fingerprint density at radius 3 is 2.68 bits per heavy atom. The molecule has 2 N–H and O–H groups in total. The zero-order valence-corrected chi connectivity index (χ0v) is 12.2. The van der Waals surface area contributed by atoms with Crippen LogP contribution in [-0.4, -0.2) is 17.6 Å². The number of unbranched alkanes of at least 4 members (excludes halogenated alkanes) is 1. The fourth-order valence-corrected chi connectivity index (χ4v) is 2.27. The summed E-state index contributed by atoms with van der Waals surface area (Å²) >= 11 is 0. The van der Waals surface area contributed by atoms with Gasteiger partial charge >= 0.3 is 5.97 Å². The minimum atomic E-state index is -0.868. The van der Waals surface area contributed by atoms with E-state index in [-0.39, 0.29) is 0 Å². The molecule has 0 saturated carbocycles. The van der Waals surface area contributed by atoms with E-state index >= 15 is 0 Å². The van der Waals surface area contributed by atoms with Crippen molar-refractivity contribution in [2.24, 2.45) is 5.92 Å². The van der Waals surface area contributed by atoms with E-state index in [0.717, 1.165) is 24.2 Å². The summed E-state index contributed by atoms with van der Waals surface area (Å²) in [4.78, 5) is 11.2. The van der Waals surface area contributed by atoms with Crippen LogP contribution in [0.5, 0.6) is 0 Å². The van der Waals surface area contributed by atoms with Crippen LogP contribution in [0.25, 0.3) is 0 Å². The van der Waals surface area contributed by atoms with Crippen molar-refractivity contribution >= 4 is 11.7 Å². The van der Waals surface area contributed by atoms with Crippen molar-refractivity contribution in [1.82, 2.24) is 0 Å². The average molecular weight is 263 g/mol. The molecular formula is C16H25NO2. The smallest absolute Gasteiger partial charge is 0.337 e. The van der Waals surface area contributed by atoms with Gasteiger partial charge in [0, 0.05) is 6.54 Å². The van der Waals surface area contributed by atoms with Gasteiger partial charge < -0.3 is 10.4 Å². The first-order valence-corrected chi connectivity index (χ1v) is 7.16. The second-order valence-electron chi connectivity index (χ2n) is 5.10. The highest BCUT2D eigenvalue weighted by Gasteiger charge is 2.13. The molecule has 0 saturated heterocycles. The van der Waals surface area contributed by atoms with Gasteiger partial charge in [-0.25, -0.2) is 4.79 Å². The van der Waals surface area contributed by atoms with Crippen molar-refractivity contribution in [2.45, 2.75) is 46.5 Å². The van der Waals surface area contributed by atoms with Crippen molar-refractivity contribution in [3.05, 3.63) is 29.3 Å². The SMILES string of the molecule is CCCCC(CC)CNc1c(C)cccc1C(=O)O. The Balaban J connectivity index is 2.73. The van der Waals surface area contributed by atoms with E-state index < -0.39 is 5.97 Å². The Bertz CT molecular complexity index is 415. The molecule has 19 heavy (non-hydrogen) atoms. The Morgan fingerprint density at radius 1 is 1.37 bits per heavy atom. The number of aryl methyl sites for hydroxylation is 1. The number of hydrogen-bond acceptors (Lipinski definition) is 2. The van der Waals surface area contributed by atoms with Crippen LogP contribution in [0.15, 0.2) is 18.2 Å². The quantitative estimate of drug-likeness (QED) is 0.734. The molecule has 1 unspecified atom stereocenters. The first kappa shape index (κ1) is 15.5. The maximum Gasteiger partial charge on any atom is 0.337 e. The van der Waals surface area contributed by atoms with Crippen LogP contribution in [-0.2, 0) is 0 Å². The number of benzene rings is 1. The first-order valence-electron chi connectivity index (χ1n) is 7.16. The monoisotopic (exact) mass is 263 g/mol. The second kappa shape index (κ2) is 7.82. The van der Waals surface area contributed by atoms with Gasteiger partial charge in [0.25, 0.3) is 0 Å². The molecule has 1 aromatic carbocycles. The van der Waals surface area contributed by atoms with Gasteiger partial charge in [0.05, 0.1) is 11.3 Å². The maximum absolute atomic E-state index is 11.2. The van der Waals surface area contributed by atoms with E-state index in [1.165, 1.54) is 19.3 Å². The number of para-hydroxylation sites is 1. The third kappa shape index (κ3) is 4.58. The summed E-state index contributed by atoms with van der Waals surface area (Å²) in [7, 11) is 0. The second-order valence-corrected chi connectivity index (χ2v) is 5.10. The molecule has 3 heteroatoms. The van der Waals surface area contributed by atoms with Crippen LogP contribution in [0, 0.1) is 12.8 Å². The van der Waals surface area contributed by atoms with Gasteiger partial charge in [-0.1, -0.05) is 45.2 Å². The zero-order chi connectivity index (χ0) is 14.3. The van der Waals surface area contributed by atoms with Gasteiger partial charge in [-0.15, -0.1) is 0 Å². The number of rotatable bonds is 8. The fourth-order valence-electron chi connectivity index (χ4n) is 2.27. The molecule has 0 amide bonds. The van der Waals surface area contributed by atoms with Gasteiger partial charge in [0.15, 0.2) is 0 Å². The fraction of sp³-hybridized carbons (Fsp3) is 0.562. The summed E-state index contributed by atoms with van der Waals surface area (Å²) in [5.41, 5.74) is 2.13. The molecule has 0 spiro atoms. The van der Waals surface area contributed by atoms with E-state index in [9.17, 15) is 9.90 Å². The molecule has 1 aromatic rings. The van der Waals surface area contributed by atoms with Crippen molar-refractivity contribution in [3.8, 4) is 0 Å². The summed E-state index contributed by atoms with van der Waals surface area (Å²) in [6.07, 6.45) is 4.77. The lowest BCUT2D eigenvalue weighted by Crippen LogP contribution is -2.16. The van der Waals surface area contributed by atoms with Crippen LogP contribution in [0.4, 0.5) is 5.69 Å². The van der Waals surface area contributed by atoms with Gasteiger partial charge in [-0.2, -0.15) is 0 Å². The number of carboxylic acid groups (broad SMARTS) is 1. The molecule has 1 atom stereocenters. The summed E-state index contributed by atoms with van der Waals surface area (Å²) < 4.78 is 0. The largest absolute Gasteiger partial charge is 0.478 e. The molecule has 0 aliphatic carbocycles. The molecule has 0 fully saturated rings. The Kier molecular flexibility index (Phi) is 6.40. The molecule has 3 nitrogen and oxygen atoms in total. The normalized spacial score (nSPS) is 12.2. The topological polar surface area (TPSA) is 49.3 Å². The molecule has 0 aliphatic heterocycles. The lowest BCUT2D eigenvalue weighted by Gasteiger charge is -2.18. The van der Waals surface area contributed by atoms with Crippen LogP contribution < -0.4 is 5.32 Å². The van der Waals surface area contributed by atoms with Crippen LogP contribution in [0.1, 0.15) is 55.5 Å². The van der Waals surface area contributed by atoms with E-state index in [2.05, 4.69) is 19.2 Å². The number of carbonyl (C=O) groups is 1. The number of hydrogen-bond donors (Lipinski definition) is 2. The summed E-state index contributed by atoms with van der Waals surface area (Å²) in [5, 5.41) is 12.6. The van der Waals surface area contributed by atoms with Crippen molar-refractivity contribution < 1.29 is 9.90 Å². The van der Waals surface area contributed by atoms with Crippen LogP contribution in [0.2, 0.25) is 0 Å². The molecule has 0 heterocycles. The molecule has 0 aliphatic rings. The third-order valence-electron chi connectivity index (χ3n) is 3.61. The van der Waals surface area contributed by atoms with E-state index in [4.69, 9.17) is 0 Å². The molecule has 0 bridgehead atoms. The molecule has 1 rings (SSSR count). The number of nitrogens with one attached hydrogen (secondary N) is 1. The van der Waals surface area contributed by atoms with Gasteiger partial charge in [-0.3, -0.25) is 0 Å². The number of carboxylic acids is 1. The maximum atomic E-state index is 11.2. The Morgan fingerprint density at radius 2 is 2.11 bits per heavy atom. The first-order chi connectivity index (χ1) is 9.10. The number of anilines is 1. The average Bonchev–Trinajstić information content (AvgIpc) is 2.40. The highest BCUT2D eigenvalue weighted by Crippen LogP contribution is 2.22. The van der Waals surface area contributed by atoms with Crippen molar-refractivity contribution in [2.75, 3.05) is 11.9 Å². The molecule has 0 aromatic heterocycles.